The maximum Gasteiger partial charge on any atom is 0.417 e. The van der Waals surface area contributed by atoms with E-state index in [2.05, 4.69) is 10.4 Å². The lowest BCUT2D eigenvalue weighted by Crippen LogP contribution is -2.17. The number of aryl methyl sites for hydroxylation is 3. The van der Waals surface area contributed by atoms with Crippen LogP contribution in [0.3, 0.4) is 0 Å². The monoisotopic (exact) mass is 370 g/mol. The molecule has 142 valence electrons. The zero-order chi connectivity index (χ0) is 19.4. The van der Waals surface area contributed by atoms with Crippen LogP contribution < -0.4 is 20.5 Å². The number of hydrogen-bond donors (Lipinski definition) is 2. The van der Waals surface area contributed by atoms with Crippen LogP contribution in [-0.4, -0.2) is 29.0 Å². The summed E-state index contributed by atoms with van der Waals surface area (Å²) in [4.78, 5) is 12.2. The van der Waals surface area contributed by atoms with E-state index in [1.54, 1.807) is 49.0 Å². The topological polar surface area (TPSA) is 105 Å². The van der Waals surface area contributed by atoms with E-state index in [4.69, 9.17) is 19.6 Å². The summed E-state index contributed by atoms with van der Waals surface area (Å²) in [5.74, 6) is 2.27. The number of aromatic nitrogens is 2. The number of amides is 1. The molecular formula is C19H22N4O4. The van der Waals surface area contributed by atoms with Crippen molar-refractivity contribution in [3.05, 3.63) is 48.0 Å². The average molecular weight is 370 g/mol. The quantitative estimate of drug-likeness (QED) is 0.690. The van der Waals surface area contributed by atoms with Crippen LogP contribution in [0.4, 0.5) is 10.5 Å². The van der Waals surface area contributed by atoms with Gasteiger partial charge < -0.3 is 19.6 Å². The second kappa shape index (κ2) is 7.96. The third kappa shape index (κ3) is 4.29. The van der Waals surface area contributed by atoms with Crippen LogP contribution in [0.25, 0.3) is 11.3 Å². The van der Waals surface area contributed by atoms with Crippen molar-refractivity contribution in [2.45, 2.75) is 13.8 Å². The minimum Gasteiger partial charge on any atom is -0.492 e. The Morgan fingerprint density at radius 1 is 1.26 bits per heavy atom. The van der Waals surface area contributed by atoms with Gasteiger partial charge in [-0.05, 0) is 38.1 Å². The molecule has 0 unspecified atom stereocenters. The van der Waals surface area contributed by atoms with Gasteiger partial charge in [0.05, 0.1) is 5.69 Å². The van der Waals surface area contributed by atoms with Gasteiger partial charge in [0, 0.05) is 37.1 Å². The molecule has 2 heterocycles. The lowest BCUT2D eigenvalue weighted by molar-refractivity contribution is 0.214. The summed E-state index contributed by atoms with van der Waals surface area (Å²) < 4.78 is 18.1. The van der Waals surface area contributed by atoms with Gasteiger partial charge in [-0.2, -0.15) is 5.10 Å². The van der Waals surface area contributed by atoms with E-state index in [-0.39, 0.29) is 0 Å². The number of rotatable bonds is 6. The maximum absolute atomic E-state index is 12.2. The van der Waals surface area contributed by atoms with Crippen molar-refractivity contribution in [2.75, 3.05) is 18.5 Å². The number of nitrogens with zero attached hydrogens (tertiary/aromatic N) is 2. The van der Waals surface area contributed by atoms with Crippen molar-refractivity contribution in [3.8, 4) is 22.8 Å². The van der Waals surface area contributed by atoms with Gasteiger partial charge in [-0.3, -0.25) is 10.00 Å². The van der Waals surface area contributed by atoms with Crippen molar-refractivity contribution >= 4 is 11.8 Å². The van der Waals surface area contributed by atoms with Crippen molar-refractivity contribution < 1.29 is 18.7 Å². The van der Waals surface area contributed by atoms with Gasteiger partial charge >= 0.3 is 6.09 Å². The summed E-state index contributed by atoms with van der Waals surface area (Å²) in [7, 11) is 1.83. The SMILES string of the molecule is Cc1cc(OC(=O)Nc2ccc(OCCN)c(-c3ccnn3C)c2)c(C)o1. The van der Waals surface area contributed by atoms with Crippen LogP contribution in [0.2, 0.25) is 0 Å². The predicted molar refractivity (Wildman–Crippen MR) is 101 cm³/mol. The molecule has 3 rings (SSSR count). The number of furan rings is 1. The zero-order valence-electron chi connectivity index (χ0n) is 15.5. The molecule has 1 aromatic carbocycles. The molecule has 0 fully saturated rings. The molecule has 0 aliphatic heterocycles. The van der Waals surface area contributed by atoms with Gasteiger partial charge in [0.2, 0.25) is 0 Å². The molecule has 0 aliphatic carbocycles. The molecule has 0 radical (unpaired) electrons. The van der Waals surface area contributed by atoms with Crippen LogP contribution in [0.5, 0.6) is 11.5 Å². The number of carbonyl (C=O) groups is 1. The van der Waals surface area contributed by atoms with Gasteiger partial charge in [0.15, 0.2) is 5.75 Å². The molecule has 2 aromatic heterocycles. The Morgan fingerprint density at radius 2 is 2.07 bits per heavy atom. The molecule has 0 saturated heterocycles. The Morgan fingerprint density at radius 3 is 2.70 bits per heavy atom. The molecule has 8 heteroatoms. The van der Waals surface area contributed by atoms with Gasteiger partial charge in [0.25, 0.3) is 0 Å². The van der Waals surface area contributed by atoms with E-state index >= 15 is 0 Å². The summed E-state index contributed by atoms with van der Waals surface area (Å²) >= 11 is 0. The zero-order valence-corrected chi connectivity index (χ0v) is 15.5. The van der Waals surface area contributed by atoms with Gasteiger partial charge in [-0.1, -0.05) is 0 Å². The third-order valence-electron chi connectivity index (χ3n) is 3.90. The van der Waals surface area contributed by atoms with E-state index in [0.29, 0.717) is 41.9 Å². The van der Waals surface area contributed by atoms with Gasteiger partial charge in [-0.15, -0.1) is 0 Å². The summed E-state index contributed by atoms with van der Waals surface area (Å²) in [6.07, 6.45) is 1.09. The van der Waals surface area contributed by atoms with Crippen LogP contribution in [0.1, 0.15) is 11.5 Å². The summed E-state index contributed by atoms with van der Waals surface area (Å²) in [5, 5.41) is 6.91. The molecule has 3 N–H and O–H groups in total. The first-order valence-electron chi connectivity index (χ1n) is 8.49. The molecule has 0 saturated carbocycles. The molecule has 27 heavy (non-hydrogen) atoms. The number of nitrogens with one attached hydrogen (secondary N) is 1. The van der Waals surface area contributed by atoms with Crippen LogP contribution >= 0.6 is 0 Å². The second-order valence-electron chi connectivity index (χ2n) is 5.98. The Bertz CT molecular complexity index is 945. The molecule has 0 bridgehead atoms. The molecule has 3 aromatic rings. The minimum absolute atomic E-state index is 0.388. The molecular weight excluding hydrogens is 348 g/mol. The van der Waals surface area contributed by atoms with Crippen molar-refractivity contribution in [1.29, 1.82) is 0 Å². The van der Waals surface area contributed by atoms with E-state index in [1.165, 1.54) is 0 Å². The van der Waals surface area contributed by atoms with Crippen molar-refractivity contribution in [1.82, 2.24) is 9.78 Å². The number of hydrogen-bond acceptors (Lipinski definition) is 6. The van der Waals surface area contributed by atoms with Crippen LogP contribution in [0.15, 0.2) is 40.9 Å². The summed E-state index contributed by atoms with van der Waals surface area (Å²) in [6, 6.07) is 8.85. The highest BCUT2D eigenvalue weighted by Gasteiger charge is 2.15. The minimum atomic E-state index is -0.606. The third-order valence-corrected chi connectivity index (χ3v) is 3.90. The normalized spacial score (nSPS) is 10.7. The van der Waals surface area contributed by atoms with Crippen molar-refractivity contribution in [2.24, 2.45) is 12.8 Å². The van der Waals surface area contributed by atoms with E-state index in [0.717, 1.165) is 11.3 Å². The first kappa shape index (κ1) is 18.5. The number of ether oxygens (including phenoxy) is 2. The standard InChI is InChI=1S/C19H22N4O4/c1-12-10-18(13(2)26-12)27-19(24)22-14-4-5-17(25-9-7-20)15(11-14)16-6-8-21-23(16)3/h4-6,8,10-11H,7,9,20H2,1-3H3,(H,22,24). The Kier molecular flexibility index (Phi) is 5.46. The first-order valence-corrected chi connectivity index (χ1v) is 8.49. The predicted octanol–water partition coefficient (Wildman–Crippen LogP) is 3.25. The highest BCUT2D eigenvalue weighted by molar-refractivity contribution is 5.88. The lowest BCUT2D eigenvalue weighted by Gasteiger charge is -2.13. The van der Waals surface area contributed by atoms with Gasteiger partial charge in [-0.25, -0.2) is 4.79 Å². The first-order chi connectivity index (χ1) is 13.0. The number of nitrogens with two attached hydrogens (primary N) is 1. The number of anilines is 1. The molecule has 0 atom stereocenters. The van der Waals surface area contributed by atoms with E-state index in [9.17, 15) is 4.79 Å². The highest BCUT2D eigenvalue weighted by atomic mass is 16.6. The lowest BCUT2D eigenvalue weighted by atomic mass is 10.1. The fraction of sp³-hybridized carbons (Fsp3) is 0.263. The van der Waals surface area contributed by atoms with Crippen LogP contribution in [-0.2, 0) is 7.05 Å². The van der Waals surface area contributed by atoms with E-state index in [1.807, 2.05) is 13.1 Å². The largest absolute Gasteiger partial charge is 0.492 e. The molecule has 8 nitrogen and oxygen atoms in total. The summed E-state index contributed by atoms with van der Waals surface area (Å²) in [5.41, 5.74) is 7.73. The Hall–Kier alpha value is -3.26. The van der Waals surface area contributed by atoms with Gasteiger partial charge in [0.1, 0.15) is 23.9 Å². The summed E-state index contributed by atoms with van der Waals surface area (Å²) in [6.45, 7) is 4.32. The number of benzene rings is 1. The molecule has 0 spiro atoms. The molecule has 0 aliphatic rings. The molecule has 1 amide bonds. The smallest absolute Gasteiger partial charge is 0.417 e. The highest BCUT2D eigenvalue weighted by Crippen LogP contribution is 2.32. The maximum atomic E-state index is 12.2. The Labute approximate surface area is 156 Å². The average Bonchev–Trinajstić information content (AvgIpc) is 3.18. The van der Waals surface area contributed by atoms with Crippen LogP contribution in [0, 0.1) is 13.8 Å². The fourth-order valence-corrected chi connectivity index (χ4v) is 2.69. The fourth-order valence-electron chi connectivity index (χ4n) is 2.69. The number of carbonyl (C=O) groups excluding carboxylic acids is 1. The Balaban J connectivity index is 1.82. The second-order valence-corrected chi connectivity index (χ2v) is 5.98. The van der Waals surface area contributed by atoms with E-state index < -0.39 is 6.09 Å². The van der Waals surface area contributed by atoms with Crippen molar-refractivity contribution in [3.63, 3.8) is 0 Å².